The summed E-state index contributed by atoms with van der Waals surface area (Å²) < 4.78 is 5.78. The van der Waals surface area contributed by atoms with Crippen molar-refractivity contribution in [1.29, 1.82) is 0 Å². The number of rotatable bonds is 9. The van der Waals surface area contributed by atoms with Gasteiger partial charge in [0.1, 0.15) is 0 Å². The SMILES string of the molecule is CCCCCCCC1(CNC2CC2)CCCOC1. The van der Waals surface area contributed by atoms with Crippen molar-refractivity contribution >= 4 is 0 Å². The first-order valence-electron chi connectivity index (χ1n) is 8.16. The lowest BCUT2D eigenvalue weighted by Crippen LogP contribution is -2.41. The highest BCUT2D eigenvalue weighted by Gasteiger charge is 2.34. The van der Waals surface area contributed by atoms with Crippen molar-refractivity contribution < 1.29 is 4.74 Å². The zero-order valence-corrected chi connectivity index (χ0v) is 12.2. The molecule has 1 aliphatic carbocycles. The number of hydrogen-bond acceptors (Lipinski definition) is 2. The second kappa shape index (κ2) is 7.49. The molecule has 2 rings (SSSR count). The van der Waals surface area contributed by atoms with Crippen molar-refractivity contribution in [2.75, 3.05) is 19.8 Å². The van der Waals surface area contributed by atoms with E-state index in [4.69, 9.17) is 4.74 Å². The second-order valence-electron chi connectivity index (χ2n) is 6.48. The Bertz CT molecular complexity index is 219. The van der Waals surface area contributed by atoms with E-state index in [2.05, 4.69) is 12.2 Å². The molecule has 1 N–H and O–H groups in total. The molecule has 0 aromatic rings. The van der Waals surface area contributed by atoms with Crippen molar-refractivity contribution in [2.24, 2.45) is 5.41 Å². The number of unbranched alkanes of at least 4 members (excludes halogenated alkanes) is 4. The Morgan fingerprint density at radius 2 is 2.00 bits per heavy atom. The summed E-state index contributed by atoms with van der Waals surface area (Å²) in [4.78, 5) is 0. The maximum Gasteiger partial charge on any atom is 0.0534 e. The van der Waals surface area contributed by atoms with Crippen LogP contribution in [-0.2, 0) is 4.74 Å². The van der Waals surface area contributed by atoms with E-state index in [0.717, 1.165) is 19.3 Å². The summed E-state index contributed by atoms with van der Waals surface area (Å²) in [5.41, 5.74) is 0.465. The molecule has 18 heavy (non-hydrogen) atoms. The molecule has 0 spiro atoms. The van der Waals surface area contributed by atoms with Gasteiger partial charge in [-0.3, -0.25) is 0 Å². The van der Waals surface area contributed by atoms with Crippen LogP contribution < -0.4 is 5.32 Å². The summed E-state index contributed by atoms with van der Waals surface area (Å²) in [7, 11) is 0. The summed E-state index contributed by atoms with van der Waals surface area (Å²) in [6, 6.07) is 0.837. The van der Waals surface area contributed by atoms with Crippen LogP contribution in [0.25, 0.3) is 0 Å². The van der Waals surface area contributed by atoms with Gasteiger partial charge in [-0.25, -0.2) is 0 Å². The van der Waals surface area contributed by atoms with Crippen LogP contribution in [0, 0.1) is 5.41 Å². The van der Waals surface area contributed by atoms with Crippen LogP contribution >= 0.6 is 0 Å². The Hall–Kier alpha value is -0.0800. The van der Waals surface area contributed by atoms with Gasteiger partial charge in [-0.1, -0.05) is 39.0 Å². The summed E-state index contributed by atoms with van der Waals surface area (Å²) >= 11 is 0. The van der Waals surface area contributed by atoms with Gasteiger partial charge in [-0.15, -0.1) is 0 Å². The van der Waals surface area contributed by atoms with Gasteiger partial charge in [0.25, 0.3) is 0 Å². The van der Waals surface area contributed by atoms with E-state index in [0.29, 0.717) is 5.41 Å². The molecule has 106 valence electrons. The molecule has 1 unspecified atom stereocenters. The summed E-state index contributed by atoms with van der Waals surface area (Å²) in [5, 5.41) is 3.74. The molecule has 0 amide bonds. The fraction of sp³-hybridized carbons (Fsp3) is 1.00. The van der Waals surface area contributed by atoms with Crippen molar-refractivity contribution in [3.05, 3.63) is 0 Å². The Balaban J connectivity index is 1.68. The predicted octanol–water partition coefficient (Wildman–Crippen LogP) is 3.90. The lowest BCUT2D eigenvalue weighted by atomic mass is 9.77. The minimum Gasteiger partial charge on any atom is -0.381 e. The standard InChI is InChI=1S/C16H31NO/c1-2-3-4-5-6-10-16(11-7-12-18-14-16)13-17-15-8-9-15/h15,17H,2-14H2,1H3. The van der Waals surface area contributed by atoms with Crippen LogP contribution in [0.5, 0.6) is 0 Å². The molecule has 0 bridgehead atoms. The van der Waals surface area contributed by atoms with Gasteiger partial charge in [-0.05, 0) is 32.1 Å². The largest absolute Gasteiger partial charge is 0.381 e. The Morgan fingerprint density at radius 3 is 2.67 bits per heavy atom. The van der Waals surface area contributed by atoms with E-state index >= 15 is 0 Å². The summed E-state index contributed by atoms with van der Waals surface area (Å²) in [6.45, 7) is 5.48. The molecule has 1 atom stereocenters. The van der Waals surface area contributed by atoms with Gasteiger partial charge in [-0.2, -0.15) is 0 Å². The fourth-order valence-electron chi connectivity index (χ4n) is 3.09. The smallest absolute Gasteiger partial charge is 0.0534 e. The van der Waals surface area contributed by atoms with Crippen molar-refractivity contribution in [1.82, 2.24) is 5.32 Å². The zero-order valence-electron chi connectivity index (χ0n) is 12.2. The molecule has 2 heteroatoms. The normalized spacial score (nSPS) is 28.5. The van der Waals surface area contributed by atoms with Gasteiger partial charge in [0, 0.05) is 24.6 Å². The van der Waals surface area contributed by atoms with Gasteiger partial charge < -0.3 is 10.1 Å². The minimum atomic E-state index is 0.465. The third-order valence-corrected chi connectivity index (χ3v) is 4.56. The average Bonchev–Trinajstić information content (AvgIpc) is 3.22. The molecule has 2 nitrogen and oxygen atoms in total. The molecular formula is C16H31NO. The Morgan fingerprint density at radius 1 is 1.17 bits per heavy atom. The maximum absolute atomic E-state index is 5.78. The van der Waals surface area contributed by atoms with Crippen molar-refractivity contribution in [3.63, 3.8) is 0 Å². The molecule has 2 fully saturated rings. The summed E-state index contributed by atoms with van der Waals surface area (Å²) in [5.74, 6) is 0. The van der Waals surface area contributed by atoms with Crippen LogP contribution in [0.2, 0.25) is 0 Å². The number of hydrogen-bond donors (Lipinski definition) is 1. The Kier molecular flexibility index (Phi) is 5.97. The quantitative estimate of drug-likeness (QED) is 0.629. The highest BCUT2D eigenvalue weighted by atomic mass is 16.5. The van der Waals surface area contributed by atoms with Crippen LogP contribution in [0.4, 0.5) is 0 Å². The van der Waals surface area contributed by atoms with Crippen LogP contribution in [0.3, 0.4) is 0 Å². The number of ether oxygens (including phenoxy) is 1. The highest BCUT2D eigenvalue weighted by molar-refractivity contribution is 4.89. The highest BCUT2D eigenvalue weighted by Crippen LogP contribution is 2.35. The monoisotopic (exact) mass is 253 g/mol. The Labute approximate surface area is 113 Å². The summed E-state index contributed by atoms with van der Waals surface area (Å²) in [6.07, 6.45) is 13.8. The van der Waals surface area contributed by atoms with Crippen molar-refractivity contribution in [2.45, 2.75) is 77.2 Å². The van der Waals surface area contributed by atoms with E-state index in [9.17, 15) is 0 Å². The molecule has 0 aromatic heterocycles. The lowest BCUT2D eigenvalue weighted by molar-refractivity contribution is -0.0135. The third kappa shape index (κ3) is 4.89. The molecular weight excluding hydrogens is 222 g/mol. The predicted molar refractivity (Wildman–Crippen MR) is 76.9 cm³/mol. The van der Waals surface area contributed by atoms with Crippen molar-refractivity contribution in [3.8, 4) is 0 Å². The van der Waals surface area contributed by atoms with Crippen LogP contribution in [0.1, 0.15) is 71.1 Å². The molecule has 2 aliphatic rings. The van der Waals surface area contributed by atoms with Gasteiger partial charge >= 0.3 is 0 Å². The van der Waals surface area contributed by atoms with E-state index in [1.807, 2.05) is 0 Å². The molecule has 1 aliphatic heterocycles. The topological polar surface area (TPSA) is 21.3 Å². The molecule has 0 radical (unpaired) electrons. The molecule has 1 heterocycles. The maximum atomic E-state index is 5.78. The van der Waals surface area contributed by atoms with E-state index in [1.165, 1.54) is 70.8 Å². The van der Waals surface area contributed by atoms with E-state index in [1.54, 1.807) is 0 Å². The first kappa shape index (κ1) is 14.3. The first-order valence-corrected chi connectivity index (χ1v) is 8.16. The second-order valence-corrected chi connectivity index (χ2v) is 6.48. The van der Waals surface area contributed by atoms with Gasteiger partial charge in [0.2, 0.25) is 0 Å². The lowest BCUT2D eigenvalue weighted by Gasteiger charge is -2.37. The first-order chi connectivity index (χ1) is 8.85. The fourth-order valence-corrected chi connectivity index (χ4v) is 3.09. The molecule has 0 aromatic carbocycles. The van der Waals surface area contributed by atoms with E-state index < -0.39 is 0 Å². The van der Waals surface area contributed by atoms with Gasteiger partial charge in [0.05, 0.1) is 6.61 Å². The zero-order chi connectivity index (χ0) is 12.7. The van der Waals surface area contributed by atoms with Gasteiger partial charge in [0.15, 0.2) is 0 Å². The van der Waals surface area contributed by atoms with Crippen LogP contribution in [-0.4, -0.2) is 25.8 Å². The molecule has 1 saturated carbocycles. The third-order valence-electron chi connectivity index (χ3n) is 4.56. The minimum absolute atomic E-state index is 0.465. The number of nitrogens with one attached hydrogen (secondary N) is 1. The molecule has 1 saturated heterocycles. The average molecular weight is 253 g/mol. The van der Waals surface area contributed by atoms with Crippen LogP contribution in [0.15, 0.2) is 0 Å². The van der Waals surface area contributed by atoms with E-state index in [-0.39, 0.29) is 0 Å².